The van der Waals surface area contributed by atoms with Crippen molar-refractivity contribution >= 4 is 161 Å². The second-order valence-electron chi connectivity index (χ2n) is 31.5. The van der Waals surface area contributed by atoms with Crippen molar-refractivity contribution in [3.63, 3.8) is 0 Å². The number of phenolic OH excluding ortho intramolecular Hbond substituents is 6. The summed E-state index contributed by atoms with van der Waals surface area (Å²) < 4.78 is 40.7. The Morgan fingerprint density at radius 1 is 0.433 bits per heavy atom. The number of urea groups is 3. The maximum atomic E-state index is 13.7. The number of carboxylic acid groups (broad SMARTS) is 3. The van der Waals surface area contributed by atoms with Crippen LogP contribution >= 0.6 is 34.8 Å². The van der Waals surface area contributed by atoms with E-state index in [9.17, 15) is 146 Å². The average molecular weight is 1940 g/mol. The summed E-state index contributed by atoms with van der Waals surface area (Å²) in [6.07, 6.45) is -1.23. The fourth-order valence-electron chi connectivity index (χ4n) is 15.5. The van der Waals surface area contributed by atoms with Crippen molar-refractivity contribution in [1.29, 1.82) is 0 Å². The van der Waals surface area contributed by atoms with Crippen molar-refractivity contribution in [2.75, 3.05) is 85.6 Å². The van der Waals surface area contributed by atoms with Crippen LogP contribution in [0.4, 0.5) is 14.4 Å². The zero-order chi connectivity index (χ0) is 98.8. The van der Waals surface area contributed by atoms with E-state index in [1.54, 1.807) is 64.2 Å². The van der Waals surface area contributed by atoms with E-state index in [4.69, 9.17) is 53.9 Å². The topological polar surface area (TPSA) is 695 Å². The molecule has 3 saturated heterocycles. The Morgan fingerprint density at radius 2 is 0.709 bits per heavy atom. The average Bonchev–Trinajstić information content (AvgIpc) is 0.776. The molecule has 20 N–H and O–H groups in total. The minimum absolute atomic E-state index is 0.00269. The van der Waals surface area contributed by atoms with Gasteiger partial charge in [0.1, 0.15) is 52.1 Å². The zero-order valence-corrected chi connectivity index (χ0v) is 74.7. The van der Waals surface area contributed by atoms with Gasteiger partial charge in [0.2, 0.25) is 5.91 Å². The number of phenols is 6. The maximum Gasteiger partial charge on any atom is 0.526 e. The highest BCUT2D eigenvalue weighted by molar-refractivity contribution is 7.87. The molecule has 0 radical (unpaired) electrons. The van der Waals surface area contributed by atoms with Crippen molar-refractivity contribution in [2.24, 2.45) is 5.14 Å². The monoisotopic (exact) mass is 1940 g/mol. The van der Waals surface area contributed by atoms with Crippen molar-refractivity contribution in [2.45, 2.75) is 102 Å². The van der Waals surface area contributed by atoms with Gasteiger partial charge in [0, 0.05) is 139 Å². The van der Waals surface area contributed by atoms with Gasteiger partial charge in [-0.2, -0.15) is 8.42 Å². The van der Waals surface area contributed by atoms with E-state index in [0.717, 1.165) is 29.2 Å². The van der Waals surface area contributed by atoms with Gasteiger partial charge in [-0.25, -0.2) is 38.6 Å². The number of aryl methyl sites for hydroxylation is 3. The molecular formula is C81H89B3Cl3N13O33S. The molecule has 712 valence electrons. The number of benzene rings is 6. The van der Waals surface area contributed by atoms with Crippen LogP contribution in [0.2, 0.25) is 32.5 Å². The molecule has 13 amide bonds. The molecule has 6 aromatic carbocycles. The van der Waals surface area contributed by atoms with Gasteiger partial charge in [-0.3, -0.25) is 62.6 Å². The Morgan fingerprint density at radius 3 is 0.970 bits per heavy atom. The Kier molecular flexibility index (Phi) is 33.2. The predicted molar refractivity (Wildman–Crippen MR) is 468 cm³/mol. The van der Waals surface area contributed by atoms with Crippen molar-refractivity contribution < 1.29 is 160 Å². The maximum absolute atomic E-state index is 13.7. The highest BCUT2D eigenvalue weighted by atomic mass is 35.5. The number of ketones is 3. The fourth-order valence-corrected chi connectivity index (χ4v) is 16.6. The molecule has 0 spiro atoms. The lowest BCUT2D eigenvalue weighted by Crippen LogP contribution is -2.59. The Balaban J connectivity index is 0.000000208. The molecule has 0 aliphatic carbocycles. The SMILES string of the molecule is CC(=O)NCCN1CCN(C(=O)NC(C(=O)C[C@H]2Cc3ccc(C)c(C(=O)O)c3OB2O)c2ccc(O)c(O)c2Cl)C(=O)C1=O.CNCCN1CCN(C(=O)N[C@@H](C(=O)C[C@H]2Cc3ccc(C)c(C(=O)O)c3OB2O)c2ccc(O)c(O)c2Cl)C(=O)C1=O.Cc1ccc2c(c1C(=O)O)OB(O)[C@@H](CC(=O)C(NC(=O)N1CCN(CCNS(N)(=O)=O)C(=O)C1=O)c1ccc(O)c(O)c1Cl)C2. The van der Waals surface area contributed by atoms with E-state index in [-0.39, 0.29) is 148 Å². The number of carbonyl (C=O) groups excluding carboxylic acids is 13. The standard InChI is InChI=1S/C28H30BClN4O11.C27H30BClN4O10.C26H29BClN5O12S/c1-13-3-4-15-11-16(29(44)45-24(15)20(13)27(41)42)12-19(37)22(17-5-6-18(36)23(38)21(17)30)32-28(43)34-10-9-33(25(39)26(34)40)8-7-31-14(2)35;1-13-3-4-14-11-15(28(42)43-23(14)19(13)26(39)40)12-18(35)21(16-5-6-17(34)22(36)20(16)29)31-27(41)33-10-9-32(8-7-30-2)24(37)25(33)38;1-12-2-3-13-10-14(27(42)45-22(13)18(12)25(39)40)11-17(35)20(15-4-5-16(34)21(36)19(15)28)31-26(41)33-9-8-32(23(37)24(33)38)7-6-30-46(29,43)44/h3-6,16,22,36,38,44H,7-12H2,1-2H3,(H,31,35)(H,32,43)(H,41,42);3-6,15,21,30,34,36,42H,7-12H2,1-2H3,(H,31,41)(H,39,40);2-5,14,20,30,34,36,42H,6-11H2,1H3,(H,31,41)(H,39,40)(H2,29,43,44)/t16-,22?;15-,21-;14-,20?/m111/s1. The number of aromatic hydroxyl groups is 6. The van der Waals surface area contributed by atoms with Crippen LogP contribution < -0.4 is 50.4 Å². The second kappa shape index (κ2) is 43.4. The normalized spacial score (nSPS) is 17.2. The van der Waals surface area contributed by atoms with Gasteiger partial charge in [0.15, 0.2) is 51.8 Å². The summed E-state index contributed by atoms with van der Waals surface area (Å²) in [7, 11) is -7.18. The minimum Gasteiger partial charge on any atom is -0.535 e. The number of likely N-dealkylation sites (N-methyl/N-ethyl adjacent to an activating group) is 1. The smallest absolute Gasteiger partial charge is 0.526 e. The summed E-state index contributed by atoms with van der Waals surface area (Å²) >= 11 is 18.7. The second-order valence-corrected chi connectivity index (χ2v) is 34.0. The van der Waals surface area contributed by atoms with Gasteiger partial charge in [-0.1, -0.05) is 89.4 Å². The number of Topliss-reactive ketones (excluding diaryl/α,β-unsaturated/α-hetero) is 3. The number of halogens is 3. The van der Waals surface area contributed by atoms with Crippen molar-refractivity contribution in [3.05, 3.63) is 155 Å². The third-order valence-electron chi connectivity index (χ3n) is 22.6. The van der Waals surface area contributed by atoms with Gasteiger partial charge in [0.05, 0.1) is 15.1 Å². The Hall–Kier alpha value is -13.6. The van der Waals surface area contributed by atoms with Crippen LogP contribution in [0.1, 0.15) is 125 Å². The molecule has 0 saturated carbocycles. The molecule has 6 aliphatic rings. The molecule has 53 heteroatoms. The lowest BCUT2D eigenvalue weighted by Gasteiger charge is -2.34. The summed E-state index contributed by atoms with van der Waals surface area (Å²) in [5, 5.41) is 137. The number of hydrogen-bond donors (Lipinski definition) is 19. The molecule has 2 unspecified atom stereocenters. The van der Waals surface area contributed by atoms with E-state index in [0.29, 0.717) is 54.6 Å². The number of piperazine rings is 3. The summed E-state index contributed by atoms with van der Waals surface area (Å²) in [6.45, 7) is 5.46. The molecule has 6 heterocycles. The predicted octanol–water partition coefficient (Wildman–Crippen LogP) is 1.02. The van der Waals surface area contributed by atoms with Crippen LogP contribution in [-0.4, -0.2) is 300 Å². The molecule has 12 rings (SSSR count). The van der Waals surface area contributed by atoms with Crippen molar-refractivity contribution in [1.82, 2.24) is 60.7 Å². The molecule has 6 aliphatic heterocycles. The van der Waals surface area contributed by atoms with E-state index in [1.165, 1.54) is 28.9 Å². The fraction of sp³-hybridized carbons (Fsp3) is 0.358. The van der Waals surface area contributed by atoms with Crippen LogP contribution in [0.5, 0.6) is 51.7 Å². The van der Waals surface area contributed by atoms with Gasteiger partial charge >= 0.3 is 92.8 Å². The van der Waals surface area contributed by atoms with Crippen LogP contribution in [0, 0.1) is 20.8 Å². The Bertz CT molecular complexity index is 5910. The number of nitrogens with zero attached hydrogens (tertiary/aromatic N) is 6. The largest absolute Gasteiger partial charge is 0.535 e. The number of imide groups is 3. The number of rotatable bonds is 28. The summed E-state index contributed by atoms with van der Waals surface area (Å²) in [5.41, 5.74) is 1.71. The quantitative estimate of drug-likeness (QED) is 0.0185. The highest BCUT2D eigenvalue weighted by Crippen LogP contribution is 2.47. The van der Waals surface area contributed by atoms with Crippen LogP contribution in [0.15, 0.2) is 72.8 Å². The highest BCUT2D eigenvalue weighted by Gasteiger charge is 2.48. The van der Waals surface area contributed by atoms with Gasteiger partial charge in [0.25, 0.3) is 10.2 Å². The van der Waals surface area contributed by atoms with Crippen LogP contribution in [-0.2, 0) is 77.4 Å². The number of fused-ring (bicyclic) bond motifs is 3. The number of hydrogen-bond acceptors (Lipinski definition) is 31. The molecule has 0 bridgehead atoms. The Labute approximate surface area is 776 Å². The van der Waals surface area contributed by atoms with Crippen molar-refractivity contribution in [3.8, 4) is 51.7 Å². The number of amides is 13. The summed E-state index contributed by atoms with van der Waals surface area (Å²) in [4.78, 5) is 209. The van der Waals surface area contributed by atoms with E-state index < -0.39 is 225 Å². The molecule has 46 nitrogen and oxygen atoms in total. The van der Waals surface area contributed by atoms with Gasteiger partial charge in [-0.05, 0) is 98.7 Å². The first-order valence-electron chi connectivity index (χ1n) is 40.8. The number of carbonyl (C=O) groups is 16. The third kappa shape index (κ3) is 23.3. The lowest BCUT2D eigenvalue weighted by atomic mass is 9.64. The van der Waals surface area contributed by atoms with Crippen LogP contribution in [0.25, 0.3) is 0 Å². The third-order valence-corrected chi connectivity index (χ3v) is 24.4. The number of aromatic carboxylic acids is 3. The first kappa shape index (κ1) is 103. The first-order chi connectivity index (χ1) is 63.0. The first-order valence-corrected chi connectivity index (χ1v) is 43.4. The molecular weight excluding hydrogens is 1850 g/mol. The minimum atomic E-state index is -4.04. The number of nitrogens with one attached hydrogen (secondary N) is 6. The zero-order valence-electron chi connectivity index (χ0n) is 71.6. The summed E-state index contributed by atoms with van der Waals surface area (Å²) in [5.74, 6) is -19.8. The number of nitrogens with two attached hydrogens (primary N) is 1. The molecule has 3 fully saturated rings. The van der Waals surface area contributed by atoms with E-state index in [1.807, 2.05) is 4.72 Å². The lowest BCUT2D eigenvalue weighted by molar-refractivity contribution is -0.153. The molecule has 6 atom stereocenters. The van der Waals surface area contributed by atoms with E-state index >= 15 is 0 Å². The van der Waals surface area contributed by atoms with Gasteiger partial charge < -0.3 is 116 Å². The number of carboxylic acids is 3. The summed E-state index contributed by atoms with van der Waals surface area (Å²) in [6, 6.07) is 7.94. The van der Waals surface area contributed by atoms with Gasteiger partial charge in [-0.15, -0.1) is 0 Å². The molecule has 6 aromatic rings. The van der Waals surface area contributed by atoms with Crippen LogP contribution in [0.3, 0.4) is 0 Å². The molecule has 0 aromatic heterocycles. The van der Waals surface area contributed by atoms with E-state index in [2.05, 4.69) is 26.6 Å². The molecule has 134 heavy (non-hydrogen) atoms.